The van der Waals surface area contributed by atoms with E-state index in [0.29, 0.717) is 12.1 Å². The molecule has 0 radical (unpaired) electrons. The van der Waals surface area contributed by atoms with Gasteiger partial charge in [-0.1, -0.05) is 17.7 Å². The number of pyridine rings is 1. The van der Waals surface area contributed by atoms with E-state index in [0.717, 1.165) is 16.8 Å². The van der Waals surface area contributed by atoms with E-state index in [1.807, 2.05) is 44.3 Å². The zero-order chi connectivity index (χ0) is 13.7. The number of nitrogens with zero attached hydrogens (tertiary/aromatic N) is 1. The molecule has 1 aromatic carbocycles. The highest BCUT2D eigenvalue weighted by Crippen LogP contribution is 2.16. The number of aryl methyl sites for hydroxylation is 1. The molecule has 0 aliphatic carbocycles. The van der Waals surface area contributed by atoms with Crippen molar-refractivity contribution in [2.75, 3.05) is 12.4 Å². The lowest BCUT2D eigenvalue weighted by molar-refractivity contribution is 0.0951. The highest BCUT2D eigenvalue weighted by atomic mass is 16.1. The molecular formula is C15H17N3O. The molecule has 1 aromatic heterocycles. The molecule has 0 saturated carbocycles. The third-order valence-electron chi connectivity index (χ3n) is 2.86. The number of benzene rings is 1. The first-order valence-electron chi connectivity index (χ1n) is 6.16. The molecule has 1 heterocycles. The van der Waals surface area contributed by atoms with E-state index in [-0.39, 0.29) is 5.91 Å². The summed E-state index contributed by atoms with van der Waals surface area (Å²) in [6.45, 7) is 2.45. The third kappa shape index (κ3) is 3.31. The molecule has 98 valence electrons. The van der Waals surface area contributed by atoms with Crippen molar-refractivity contribution < 1.29 is 4.79 Å². The predicted octanol–water partition coefficient (Wildman–Crippen LogP) is 2.36. The van der Waals surface area contributed by atoms with Gasteiger partial charge in [-0.15, -0.1) is 0 Å². The van der Waals surface area contributed by atoms with Crippen LogP contribution in [0.4, 0.5) is 5.69 Å². The van der Waals surface area contributed by atoms with E-state index in [1.165, 1.54) is 0 Å². The number of hydrogen-bond donors (Lipinski definition) is 2. The molecule has 2 rings (SSSR count). The van der Waals surface area contributed by atoms with E-state index in [9.17, 15) is 4.79 Å². The van der Waals surface area contributed by atoms with Crippen molar-refractivity contribution in [3.8, 4) is 0 Å². The Kier molecular flexibility index (Phi) is 4.13. The molecule has 0 saturated heterocycles. The van der Waals surface area contributed by atoms with Gasteiger partial charge in [0.1, 0.15) is 0 Å². The van der Waals surface area contributed by atoms with Gasteiger partial charge < -0.3 is 10.6 Å². The van der Waals surface area contributed by atoms with Crippen LogP contribution in [0, 0.1) is 6.92 Å². The number of carbonyl (C=O) groups excluding carboxylic acids is 1. The van der Waals surface area contributed by atoms with E-state index >= 15 is 0 Å². The second-order valence-electron chi connectivity index (χ2n) is 4.34. The van der Waals surface area contributed by atoms with Crippen LogP contribution in [0.1, 0.15) is 21.5 Å². The summed E-state index contributed by atoms with van der Waals surface area (Å²) in [5.74, 6) is -0.0862. The minimum atomic E-state index is -0.0862. The minimum Gasteiger partial charge on any atom is -0.387 e. The highest BCUT2D eigenvalue weighted by molar-refractivity contribution is 5.99. The van der Waals surface area contributed by atoms with Crippen molar-refractivity contribution in [2.24, 2.45) is 0 Å². The van der Waals surface area contributed by atoms with Crippen molar-refractivity contribution >= 4 is 11.6 Å². The lowest BCUT2D eigenvalue weighted by Crippen LogP contribution is -2.23. The minimum absolute atomic E-state index is 0.0862. The molecule has 0 bridgehead atoms. The summed E-state index contributed by atoms with van der Waals surface area (Å²) >= 11 is 0. The number of carbonyl (C=O) groups is 1. The first-order valence-corrected chi connectivity index (χ1v) is 6.16. The molecule has 0 unspecified atom stereocenters. The molecule has 1 amide bonds. The molecule has 0 aliphatic rings. The monoisotopic (exact) mass is 255 g/mol. The molecule has 0 spiro atoms. The van der Waals surface area contributed by atoms with Crippen molar-refractivity contribution in [3.05, 3.63) is 59.4 Å². The second kappa shape index (κ2) is 6.00. The normalized spacial score (nSPS) is 10.0. The van der Waals surface area contributed by atoms with Crippen LogP contribution < -0.4 is 10.6 Å². The van der Waals surface area contributed by atoms with E-state index < -0.39 is 0 Å². The number of rotatable bonds is 4. The maximum atomic E-state index is 12.2. The summed E-state index contributed by atoms with van der Waals surface area (Å²) in [6, 6.07) is 9.55. The van der Waals surface area contributed by atoms with Gasteiger partial charge in [0.25, 0.3) is 5.91 Å². The SMILES string of the molecule is CNc1ccc(C)cc1C(=O)NCc1cccnc1. The van der Waals surface area contributed by atoms with Gasteiger partial charge in [-0.25, -0.2) is 0 Å². The average molecular weight is 255 g/mol. The van der Waals surface area contributed by atoms with Crippen molar-refractivity contribution in [2.45, 2.75) is 13.5 Å². The largest absolute Gasteiger partial charge is 0.387 e. The molecule has 2 N–H and O–H groups in total. The Hall–Kier alpha value is -2.36. The Labute approximate surface area is 112 Å². The van der Waals surface area contributed by atoms with Crippen LogP contribution in [0.2, 0.25) is 0 Å². The van der Waals surface area contributed by atoms with Gasteiger partial charge >= 0.3 is 0 Å². The smallest absolute Gasteiger partial charge is 0.253 e. The summed E-state index contributed by atoms with van der Waals surface area (Å²) in [4.78, 5) is 16.2. The van der Waals surface area contributed by atoms with Gasteiger partial charge in [0.2, 0.25) is 0 Å². The molecule has 0 aliphatic heterocycles. The fraction of sp³-hybridized carbons (Fsp3) is 0.200. The Bertz CT molecular complexity index is 567. The summed E-state index contributed by atoms with van der Waals surface area (Å²) in [5, 5.41) is 5.93. The molecule has 4 heteroatoms. The fourth-order valence-electron chi connectivity index (χ4n) is 1.84. The van der Waals surface area contributed by atoms with Gasteiger partial charge in [0, 0.05) is 31.7 Å². The number of amides is 1. The summed E-state index contributed by atoms with van der Waals surface area (Å²) in [7, 11) is 1.81. The molecule has 0 fully saturated rings. The van der Waals surface area contributed by atoms with Gasteiger partial charge in [-0.2, -0.15) is 0 Å². The van der Waals surface area contributed by atoms with E-state index in [1.54, 1.807) is 12.4 Å². The molecule has 0 atom stereocenters. The third-order valence-corrected chi connectivity index (χ3v) is 2.86. The quantitative estimate of drug-likeness (QED) is 0.881. The average Bonchev–Trinajstić information content (AvgIpc) is 2.46. The Morgan fingerprint density at radius 2 is 2.16 bits per heavy atom. The van der Waals surface area contributed by atoms with Crippen LogP contribution in [0.5, 0.6) is 0 Å². The van der Waals surface area contributed by atoms with Crippen molar-refractivity contribution in [3.63, 3.8) is 0 Å². The molecular weight excluding hydrogens is 238 g/mol. The Balaban J connectivity index is 2.10. The van der Waals surface area contributed by atoms with Crippen molar-refractivity contribution in [1.82, 2.24) is 10.3 Å². The van der Waals surface area contributed by atoms with Gasteiger partial charge in [-0.05, 0) is 30.7 Å². The predicted molar refractivity (Wildman–Crippen MR) is 76.1 cm³/mol. The number of aromatic nitrogens is 1. The number of nitrogens with one attached hydrogen (secondary N) is 2. The zero-order valence-electron chi connectivity index (χ0n) is 11.1. The van der Waals surface area contributed by atoms with Gasteiger partial charge in [-0.3, -0.25) is 9.78 Å². The fourth-order valence-corrected chi connectivity index (χ4v) is 1.84. The number of hydrogen-bond acceptors (Lipinski definition) is 3. The molecule has 2 aromatic rings. The van der Waals surface area contributed by atoms with Crippen LogP contribution in [-0.2, 0) is 6.54 Å². The summed E-state index contributed by atoms with van der Waals surface area (Å²) < 4.78 is 0. The maximum Gasteiger partial charge on any atom is 0.253 e. The lowest BCUT2D eigenvalue weighted by atomic mass is 10.1. The molecule has 4 nitrogen and oxygen atoms in total. The standard InChI is InChI=1S/C15H17N3O/c1-11-5-6-14(16-2)13(8-11)15(19)18-10-12-4-3-7-17-9-12/h3-9,16H,10H2,1-2H3,(H,18,19). The zero-order valence-corrected chi connectivity index (χ0v) is 11.1. The second-order valence-corrected chi connectivity index (χ2v) is 4.34. The van der Waals surface area contributed by atoms with Crippen LogP contribution in [-0.4, -0.2) is 17.9 Å². The first kappa shape index (κ1) is 13.1. The van der Waals surface area contributed by atoms with Gasteiger partial charge in [0.05, 0.1) is 5.56 Å². The van der Waals surface area contributed by atoms with E-state index in [2.05, 4.69) is 15.6 Å². The number of anilines is 1. The maximum absolute atomic E-state index is 12.2. The topological polar surface area (TPSA) is 54.0 Å². The van der Waals surface area contributed by atoms with Crippen molar-refractivity contribution in [1.29, 1.82) is 0 Å². The van der Waals surface area contributed by atoms with Crippen LogP contribution in [0.3, 0.4) is 0 Å². The van der Waals surface area contributed by atoms with E-state index in [4.69, 9.17) is 0 Å². The Morgan fingerprint density at radius 1 is 1.32 bits per heavy atom. The summed E-state index contributed by atoms with van der Waals surface area (Å²) in [6.07, 6.45) is 3.46. The van der Waals surface area contributed by atoms with Crippen LogP contribution >= 0.6 is 0 Å². The lowest BCUT2D eigenvalue weighted by Gasteiger charge is -2.10. The van der Waals surface area contributed by atoms with Gasteiger partial charge in [0.15, 0.2) is 0 Å². The summed E-state index contributed by atoms with van der Waals surface area (Å²) in [5.41, 5.74) is 3.53. The van der Waals surface area contributed by atoms with Crippen LogP contribution in [0.25, 0.3) is 0 Å². The molecule has 19 heavy (non-hydrogen) atoms. The van der Waals surface area contributed by atoms with Crippen LogP contribution in [0.15, 0.2) is 42.7 Å². The highest BCUT2D eigenvalue weighted by Gasteiger charge is 2.10. The first-order chi connectivity index (χ1) is 9.20. The Morgan fingerprint density at radius 3 is 2.84 bits per heavy atom.